The fraction of sp³-hybridized carbons (Fsp3) is 0.200. The smallest absolute Gasteiger partial charge is 0.392 e. The Hall–Kier alpha value is -2.01. The molecular weight excluding hydrogens is 267 g/mol. The average Bonchev–Trinajstić information content (AvgIpc) is 2.45. The maximum atomic E-state index is 12.8. The number of benzene rings is 2. The van der Waals surface area contributed by atoms with E-state index < -0.39 is 11.7 Å². The summed E-state index contributed by atoms with van der Waals surface area (Å²) in [7, 11) is 1.70. The molecule has 0 aromatic heterocycles. The van der Waals surface area contributed by atoms with Gasteiger partial charge in [-0.15, -0.1) is 0 Å². The summed E-state index contributed by atoms with van der Waals surface area (Å²) < 4.78 is 38.3. The number of aliphatic hydroxyl groups excluding tert-OH is 1. The standard InChI is InChI=1S/C15H14F3NO/c1-19-14-6-5-10(9-20)7-13(14)11-3-2-4-12(8-11)15(16,17)18/h2-8,19-20H,9H2,1H3. The predicted octanol–water partition coefficient (Wildman–Crippen LogP) is 3.91. The number of hydrogen-bond acceptors (Lipinski definition) is 2. The molecule has 0 atom stereocenters. The summed E-state index contributed by atoms with van der Waals surface area (Å²) in [5.41, 5.74) is 1.76. The van der Waals surface area contributed by atoms with Crippen molar-refractivity contribution < 1.29 is 18.3 Å². The van der Waals surface area contributed by atoms with Gasteiger partial charge in [0.05, 0.1) is 12.2 Å². The lowest BCUT2D eigenvalue weighted by Crippen LogP contribution is -2.04. The highest BCUT2D eigenvalue weighted by Gasteiger charge is 2.30. The molecule has 106 valence electrons. The second kappa shape index (κ2) is 5.54. The van der Waals surface area contributed by atoms with Crippen LogP contribution in [-0.2, 0) is 12.8 Å². The number of aliphatic hydroxyl groups is 1. The van der Waals surface area contributed by atoms with E-state index in [2.05, 4.69) is 5.32 Å². The third-order valence-corrected chi connectivity index (χ3v) is 3.04. The molecule has 20 heavy (non-hydrogen) atoms. The minimum Gasteiger partial charge on any atom is -0.392 e. The lowest BCUT2D eigenvalue weighted by molar-refractivity contribution is -0.137. The molecule has 2 nitrogen and oxygen atoms in total. The zero-order chi connectivity index (χ0) is 14.8. The number of halogens is 3. The highest BCUT2D eigenvalue weighted by molar-refractivity contribution is 5.78. The molecule has 5 heteroatoms. The van der Waals surface area contributed by atoms with Crippen molar-refractivity contribution in [1.29, 1.82) is 0 Å². The molecule has 2 rings (SSSR count). The van der Waals surface area contributed by atoms with Gasteiger partial charge < -0.3 is 10.4 Å². The van der Waals surface area contributed by atoms with Crippen LogP contribution in [0.2, 0.25) is 0 Å². The van der Waals surface area contributed by atoms with Gasteiger partial charge >= 0.3 is 6.18 Å². The molecule has 0 bridgehead atoms. The Morgan fingerprint density at radius 1 is 1.10 bits per heavy atom. The monoisotopic (exact) mass is 281 g/mol. The van der Waals surface area contributed by atoms with Crippen LogP contribution in [0.3, 0.4) is 0 Å². The predicted molar refractivity (Wildman–Crippen MR) is 72.3 cm³/mol. The van der Waals surface area contributed by atoms with Gasteiger partial charge in [0.2, 0.25) is 0 Å². The first-order chi connectivity index (χ1) is 9.45. The van der Waals surface area contributed by atoms with E-state index in [1.165, 1.54) is 6.07 Å². The van der Waals surface area contributed by atoms with Gasteiger partial charge in [-0.2, -0.15) is 13.2 Å². The lowest BCUT2D eigenvalue weighted by Gasteiger charge is -2.13. The minimum absolute atomic E-state index is 0.157. The van der Waals surface area contributed by atoms with E-state index >= 15 is 0 Å². The van der Waals surface area contributed by atoms with Crippen molar-refractivity contribution in [3.8, 4) is 11.1 Å². The lowest BCUT2D eigenvalue weighted by atomic mass is 9.99. The van der Waals surface area contributed by atoms with E-state index in [9.17, 15) is 13.2 Å². The number of alkyl halides is 3. The van der Waals surface area contributed by atoms with Crippen molar-refractivity contribution >= 4 is 5.69 Å². The molecule has 0 amide bonds. The molecule has 0 saturated heterocycles. The van der Waals surface area contributed by atoms with E-state index in [4.69, 9.17) is 5.11 Å². The van der Waals surface area contributed by atoms with E-state index in [1.54, 1.807) is 31.3 Å². The zero-order valence-electron chi connectivity index (χ0n) is 10.8. The van der Waals surface area contributed by atoms with Crippen LogP contribution in [0.15, 0.2) is 42.5 Å². The SMILES string of the molecule is CNc1ccc(CO)cc1-c1cccc(C(F)(F)F)c1. The van der Waals surface area contributed by atoms with Crippen molar-refractivity contribution in [2.45, 2.75) is 12.8 Å². The quantitative estimate of drug-likeness (QED) is 0.894. The van der Waals surface area contributed by atoms with Crippen LogP contribution in [0.25, 0.3) is 11.1 Å². The molecule has 0 aliphatic rings. The van der Waals surface area contributed by atoms with Crippen LogP contribution in [0, 0.1) is 0 Å². The Morgan fingerprint density at radius 2 is 1.85 bits per heavy atom. The molecular formula is C15H14F3NO. The van der Waals surface area contributed by atoms with Gasteiger partial charge in [-0.25, -0.2) is 0 Å². The highest BCUT2D eigenvalue weighted by Crippen LogP contribution is 2.34. The largest absolute Gasteiger partial charge is 0.416 e. The minimum atomic E-state index is -4.37. The number of anilines is 1. The number of rotatable bonds is 3. The van der Waals surface area contributed by atoms with E-state index in [1.807, 2.05) is 0 Å². The molecule has 0 heterocycles. The fourth-order valence-electron chi connectivity index (χ4n) is 2.01. The number of nitrogens with one attached hydrogen (secondary N) is 1. The zero-order valence-corrected chi connectivity index (χ0v) is 10.8. The van der Waals surface area contributed by atoms with Crippen molar-refractivity contribution in [3.63, 3.8) is 0 Å². The van der Waals surface area contributed by atoms with Crippen LogP contribution in [0.4, 0.5) is 18.9 Å². The van der Waals surface area contributed by atoms with Crippen molar-refractivity contribution in [2.24, 2.45) is 0 Å². The van der Waals surface area contributed by atoms with Gasteiger partial charge in [0.1, 0.15) is 0 Å². The first-order valence-electron chi connectivity index (χ1n) is 6.05. The summed E-state index contributed by atoms with van der Waals surface area (Å²) in [6.07, 6.45) is -4.37. The summed E-state index contributed by atoms with van der Waals surface area (Å²) in [5.74, 6) is 0. The van der Waals surface area contributed by atoms with Crippen LogP contribution in [0.1, 0.15) is 11.1 Å². The van der Waals surface area contributed by atoms with Crippen molar-refractivity contribution in [3.05, 3.63) is 53.6 Å². The molecule has 0 radical (unpaired) electrons. The normalized spacial score (nSPS) is 11.4. The summed E-state index contributed by atoms with van der Waals surface area (Å²) in [5, 5.41) is 12.1. The Labute approximate surface area is 114 Å². The first-order valence-corrected chi connectivity index (χ1v) is 6.05. The molecule has 0 unspecified atom stereocenters. The van der Waals surface area contributed by atoms with Gasteiger partial charge in [-0.3, -0.25) is 0 Å². The molecule has 2 aromatic carbocycles. The summed E-state index contributed by atoms with van der Waals surface area (Å²) in [6.45, 7) is -0.157. The fourth-order valence-corrected chi connectivity index (χ4v) is 2.01. The second-order valence-electron chi connectivity index (χ2n) is 4.37. The van der Waals surface area contributed by atoms with E-state index in [-0.39, 0.29) is 6.61 Å². The molecule has 0 saturated carbocycles. The van der Waals surface area contributed by atoms with Crippen LogP contribution in [0.5, 0.6) is 0 Å². The molecule has 2 N–H and O–H groups in total. The van der Waals surface area contributed by atoms with Gasteiger partial charge in [-0.1, -0.05) is 18.2 Å². The molecule has 2 aromatic rings. The Morgan fingerprint density at radius 3 is 2.45 bits per heavy atom. The van der Waals surface area contributed by atoms with Crippen LogP contribution in [-0.4, -0.2) is 12.2 Å². The third-order valence-electron chi connectivity index (χ3n) is 3.04. The summed E-state index contributed by atoms with van der Waals surface area (Å²) in [6, 6.07) is 10.3. The maximum absolute atomic E-state index is 12.8. The van der Waals surface area contributed by atoms with Gasteiger partial charge in [0.15, 0.2) is 0 Å². The molecule has 0 aliphatic heterocycles. The molecule has 0 aliphatic carbocycles. The van der Waals surface area contributed by atoms with Crippen molar-refractivity contribution in [2.75, 3.05) is 12.4 Å². The van der Waals surface area contributed by atoms with Gasteiger partial charge in [0, 0.05) is 18.3 Å². The van der Waals surface area contributed by atoms with Crippen LogP contribution >= 0.6 is 0 Å². The van der Waals surface area contributed by atoms with Gasteiger partial charge in [0.25, 0.3) is 0 Å². The van der Waals surface area contributed by atoms with Crippen molar-refractivity contribution in [1.82, 2.24) is 0 Å². The second-order valence-corrected chi connectivity index (χ2v) is 4.37. The van der Waals surface area contributed by atoms with Crippen LogP contribution < -0.4 is 5.32 Å². The first kappa shape index (κ1) is 14.4. The highest BCUT2D eigenvalue weighted by atomic mass is 19.4. The summed E-state index contributed by atoms with van der Waals surface area (Å²) in [4.78, 5) is 0. The third kappa shape index (κ3) is 2.93. The number of hydrogen-bond donors (Lipinski definition) is 2. The Bertz CT molecular complexity index is 608. The summed E-state index contributed by atoms with van der Waals surface area (Å²) >= 11 is 0. The molecule has 0 spiro atoms. The van der Waals surface area contributed by atoms with E-state index in [0.717, 1.165) is 12.1 Å². The van der Waals surface area contributed by atoms with Gasteiger partial charge in [-0.05, 0) is 35.4 Å². The topological polar surface area (TPSA) is 32.3 Å². The average molecular weight is 281 g/mol. The molecule has 0 fully saturated rings. The Kier molecular flexibility index (Phi) is 3.99. The Balaban J connectivity index is 2.55. The van der Waals surface area contributed by atoms with E-state index in [0.29, 0.717) is 22.4 Å². The maximum Gasteiger partial charge on any atom is 0.416 e.